The van der Waals surface area contributed by atoms with E-state index in [0.717, 1.165) is 11.1 Å². The van der Waals surface area contributed by atoms with Gasteiger partial charge >= 0.3 is 5.97 Å². The summed E-state index contributed by atoms with van der Waals surface area (Å²) in [6.07, 6.45) is 0. The molecule has 3 rings (SSSR count). The molecule has 0 unspecified atom stereocenters. The Morgan fingerprint density at radius 2 is 1.92 bits per heavy atom. The van der Waals surface area contributed by atoms with Crippen molar-refractivity contribution in [3.63, 3.8) is 0 Å². The van der Waals surface area contributed by atoms with E-state index in [-0.39, 0.29) is 19.1 Å². The SMILES string of the molecule is Cc1cc(OCC(=O)OCc2nc(-c3ccc(Cl)cc3)no2)ccc1Cl. The summed E-state index contributed by atoms with van der Waals surface area (Å²) in [5.74, 6) is 0.557. The maximum atomic E-state index is 11.8. The first-order chi connectivity index (χ1) is 12.5. The Morgan fingerprint density at radius 3 is 2.65 bits per heavy atom. The zero-order chi connectivity index (χ0) is 18.5. The van der Waals surface area contributed by atoms with Crippen LogP contribution in [-0.2, 0) is 16.1 Å². The average Bonchev–Trinajstić information content (AvgIpc) is 3.10. The number of ether oxygens (including phenoxy) is 2. The van der Waals surface area contributed by atoms with Crippen LogP contribution in [0.1, 0.15) is 11.5 Å². The van der Waals surface area contributed by atoms with Gasteiger partial charge in [0.05, 0.1) is 0 Å². The standard InChI is InChI=1S/C18H14Cl2N2O4/c1-11-8-14(6-7-15(11)20)24-10-17(23)25-9-16-21-18(22-26-16)12-2-4-13(19)5-3-12/h2-8H,9-10H2,1H3. The number of rotatable bonds is 6. The van der Waals surface area contributed by atoms with Crippen molar-refractivity contribution < 1.29 is 18.8 Å². The first-order valence-electron chi connectivity index (χ1n) is 7.64. The van der Waals surface area contributed by atoms with Gasteiger partial charge in [-0.2, -0.15) is 4.98 Å². The van der Waals surface area contributed by atoms with Crippen LogP contribution in [0.5, 0.6) is 5.75 Å². The van der Waals surface area contributed by atoms with Crippen molar-refractivity contribution >= 4 is 29.2 Å². The van der Waals surface area contributed by atoms with Gasteiger partial charge in [-0.15, -0.1) is 0 Å². The molecule has 26 heavy (non-hydrogen) atoms. The number of carbonyl (C=O) groups is 1. The predicted molar refractivity (Wildman–Crippen MR) is 96.2 cm³/mol. The number of hydrogen-bond acceptors (Lipinski definition) is 6. The van der Waals surface area contributed by atoms with Crippen molar-refractivity contribution in [2.24, 2.45) is 0 Å². The van der Waals surface area contributed by atoms with Crippen LogP contribution in [0.2, 0.25) is 10.0 Å². The Bertz CT molecular complexity index is 910. The summed E-state index contributed by atoms with van der Waals surface area (Å²) in [5.41, 5.74) is 1.61. The molecule has 1 heterocycles. The number of esters is 1. The molecular weight excluding hydrogens is 379 g/mol. The second kappa shape index (κ2) is 8.21. The molecule has 0 spiro atoms. The number of nitrogens with zero attached hydrogens (tertiary/aromatic N) is 2. The molecule has 0 aliphatic rings. The topological polar surface area (TPSA) is 74.5 Å². The largest absolute Gasteiger partial charge is 0.482 e. The highest BCUT2D eigenvalue weighted by atomic mass is 35.5. The molecule has 0 aliphatic carbocycles. The van der Waals surface area contributed by atoms with Gasteiger partial charge in [0.25, 0.3) is 5.89 Å². The van der Waals surface area contributed by atoms with E-state index in [2.05, 4.69) is 10.1 Å². The van der Waals surface area contributed by atoms with Crippen LogP contribution in [0, 0.1) is 6.92 Å². The second-order valence-electron chi connectivity index (χ2n) is 5.38. The Balaban J connectivity index is 1.50. The van der Waals surface area contributed by atoms with Crippen LogP contribution in [0.25, 0.3) is 11.4 Å². The molecule has 3 aromatic rings. The van der Waals surface area contributed by atoms with E-state index in [4.69, 9.17) is 37.2 Å². The third-order valence-corrected chi connectivity index (χ3v) is 4.09. The number of carbonyl (C=O) groups excluding carboxylic acids is 1. The van der Waals surface area contributed by atoms with E-state index in [1.807, 2.05) is 6.92 Å². The monoisotopic (exact) mass is 392 g/mol. The molecule has 0 saturated heterocycles. The molecular formula is C18H14Cl2N2O4. The first kappa shape index (κ1) is 18.2. The maximum absolute atomic E-state index is 11.8. The lowest BCUT2D eigenvalue weighted by Crippen LogP contribution is -2.14. The van der Waals surface area contributed by atoms with Crippen LogP contribution < -0.4 is 4.74 Å². The minimum atomic E-state index is -0.552. The molecule has 0 fully saturated rings. The molecule has 0 amide bonds. The van der Waals surface area contributed by atoms with Crippen LogP contribution >= 0.6 is 23.2 Å². The highest BCUT2D eigenvalue weighted by Gasteiger charge is 2.12. The second-order valence-corrected chi connectivity index (χ2v) is 6.22. The van der Waals surface area contributed by atoms with E-state index in [0.29, 0.717) is 21.6 Å². The summed E-state index contributed by atoms with van der Waals surface area (Å²) in [4.78, 5) is 15.9. The zero-order valence-corrected chi connectivity index (χ0v) is 15.3. The van der Waals surface area contributed by atoms with Gasteiger partial charge in [-0.25, -0.2) is 4.79 Å². The third kappa shape index (κ3) is 4.74. The quantitative estimate of drug-likeness (QED) is 0.575. The van der Waals surface area contributed by atoms with Gasteiger partial charge in [0.1, 0.15) is 5.75 Å². The Hall–Kier alpha value is -2.57. The van der Waals surface area contributed by atoms with Crippen molar-refractivity contribution in [1.82, 2.24) is 10.1 Å². The fourth-order valence-electron chi connectivity index (χ4n) is 2.06. The molecule has 0 saturated carbocycles. The molecule has 8 heteroatoms. The van der Waals surface area contributed by atoms with E-state index in [1.165, 1.54) is 0 Å². The van der Waals surface area contributed by atoms with Gasteiger partial charge in [-0.1, -0.05) is 28.4 Å². The van der Waals surface area contributed by atoms with Crippen molar-refractivity contribution in [3.05, 3.63) is 64.0 Å². The van der Waals surface area contributed by atoms with Gasteiger partial charge in [-0.3, -0.25) is 0 Å². The van der Waals surface area contributed by atoms with Crippen molar-refractivity contribution in [2.45, 2.75) is 13.5 Å². The summed E-state index contributed by atoms with van der Waals surface area (Å²) in [5, 5.41) is 5.09. The number of halogens is 2. The summed E-state index contributed by atoms with van der Waals surface area (Å²) in [6, 6.07) is 12.1. The Kier molecular flexibility index (Phi) is 5.75. The molecule has 134 valence electrons. The number of hydrogen-bond donors (Lipinski definition) is 0. The van der Waals surface area contributed by atoms with Crippen LogP contribution in [0.3, 0.4) is 0 Å². The molecule has 0 aliphatic heterocycles. The fourth-order valence-corrected chi connectivity index (χ4v) is 2.31. The predicted octanol–water partition coefficient (Wildman–Crippen LogP) is 4.47. The molecule has 0 N–H and O–H groups in total. The lowest BCUT2D eigenvalue weighted by atomic mass is 10.2. The van der Waals surface area contributed by atoms with Crippen LogP contribution in [0.4, 0.5) is 0 Å². The van der Waals surface area contributed by atoms with Crippen molar-refractivity contribution in [3.8, 4) is 17.1 Å². The van der Waals surface area contributed by atoms with Gasteiger partial charge < -0.3 is 14.0 Å². The van der Waals surface area contributed by atoms with Gasteiger partial charge in [-0.05, 0) is 55.0 Å². The third-order valence-electron chi connectivity index (χ3n) is 3.41. The first-order valence-corrected chi connectivity index (χ1v) is 8.40. The highest BCUT2D eigenvalue weighted by molar-refractivity contribution is 6.31. The Morgan fingerprint density at radius 1 is 1.15 bits per heavy atom. The number of aromatic nitrogens is 2. The molecule has 1 aromatic heterocycles. The lowest BCUT2D eigenvalue weighted by molar-refractivity contribution is -0.148. The van der Waals surface area contributed by atoms with Crippen LogP contribution in [-0.4, -0.2) is 22.7 Å². The molecule has 0 radical (unpaired) electrons. The molecule has 6 nitrogen and oxygen atoms in total. The Labute approximate surface area is 159 Å². The molecule has 2 aromatic carbocycles. The summed E-state index contributed by atoms with van der Waals surface area (Å²) >= 11 is 11.8. The van der Waals surface area contributed by atoms with Gasteiger partial charge in [0.15, 0.2) is 13.2 Å². The van der Waals surface area contributed by atoms with Gasteiger partial charge in [0, 0.05) is 15.6 Å². The summed E-state index contributed by atoms with van der Waals surface area (Å²) < 4.78 is 15.5. The van der Waals surface area contributed by atoms with Gasteiger partial charge in [0.2, 0.25) is 5.82 Å². The van der Waals surface area contributed by atoms with E-state index >= 15 is 0 Å². The van der Waals surface area contributed by atoms with Crippen LogP contribution in [0.15, 0.2) is 47.0 Å². The maximum Gasteiger partial charge on any atom is 0.344 e. The summed E-state index contributed by atoms with van der Waals surface area (Å²) in [7, 11) is 0. The lowest BCUT2D eigenvalue weighted by Gasteiger charge is -2.07. The number of aryl methyl sites for hydroxylation is 1. The van der Waals surface area contributed by atoms with E-state index in [1.54, 1.807) is 42.5 Å². The normalized spacial score (nSPS) is 10.6. The number of benzene rings is 2. The van der Waals surface area contributed by atoms with E-state index in [9.17, 15) is 4.79 Å². The minimum Gasteiger partial charge on any atom is -0.482 e. The highest BCUT2D eigenvalue weighted by Crippen LogP contribution is 2.21. The van der Waals surface area contributed by atoms with Crippen molar-refractivity contribution in [2.75, 3.05) is 6.61 Å². The minimum absolute atomic E-state index is 0.136. The fraction of sp³-hybridized carbons (Fsp3) is 0.167. The zero-order valence-electron chi connectivity index (χ0n) is 13.7. The van der Waals surface area contributed by atoms with Crippen molar-refractivity contribution in [1.29, 1.82) is 0 Å². The summed E-state index contributed by atoms with van der Waals surface area (Å²) in [6.45, 7) is 1.48. The molecule has 0 atom stereocenters. The average molecular weight is 393 g/mol. The molecule has 0 bridgehead atoms. The van der Waals surface area contributed by atoms with E-state index < -0.39 is 5.97 Å². The smallest absolute Gasteiger partial charge is 0.344 e.